The highest BCUT2D eigenvalue weighted by molar-refractivity contribution is 5.88. The summed E-state index contributed by atoms with van der Waals surface area (Å²) in [6.45, 7) is 4.62. The van der Waals surface area contributed by atoms with Crippen molar-refractivity contribution in [2.75, 3.05) is 13.7 Å². The summed E-state index contributed by atoms with van der Waals surface area (Å²) >= 11 is 0. The number of carbonyl (C=O) groups is 2. The van der Waals surface area contributed by atoms with Crippen molar-refractivity contribution in [3.05, 3.63) is 52.8 Å². The van der Waals surface area contributed by atoms with Crippen LogP contribution < -0.4 is 9.47 Å². The number of carboxylic acid groups (broad SMARTS) is 2. The number of aliphatic carboxylic acids is 1. The largest absolute Gasteiger partial charge is 0.496 e. The highest BCUT2D eigenvalue weighted by Crippen LogP contribution is 2.29. The number of hydrogen-bond acceptors (Lipinski definition) is 5. The van der Waals surface area contributed by atoms with E-state index >= 15 is 0 Å². The summed E-state index contributed by atoms with van der Waals surface area (Å²) in [5, 5.41) is 18.0. The van der Waals surface area contributed by atoms with Crippen molar-refractivity contribution in [3.8, 4) is 11.5 Å². The number of ether oxygens (including phenoxy) is 2. The number of fused-ring (bicyclic) bond motifs is 1. The van der Waals surface area contributed by atoms with Gasteiger partial charge in [-0.3, -0.25) is 4.79 Å². The Labute approximate surface area is 173 Å². The smallest absolute Gasteiger partial charge is 0.335 e. The molecule has 3 aromatic rings. The Hall–Kier alpha value is -3.55. The van der Waals surface area contributed by atoms with Gasteiger partial charge in [-0.25, -0.2) is 9.78 Å². The first-order valence-corrected chi connectivity index (χ1v) is 9.52. The van der Waals surface area contributed by atoms with Gasteiger partial charge in [-0.1, -0.05) is 6.07 Å². The Bertz CT molecular complexity index is 1100. The zero-order valence-electron chi connectivity index (χ0n) is 17.1. The van der Waals surface area contributed by atoms with E-state index < -0.39 is 11.9 Å². The molecule has 8 nitrogen and oxygen atoms in total. The molecule has 158 valence electrons. The summed E-state index contributed by atoms with van der Waals surface area (Å²) in [4.78, 5) is 26.6. The number of aromatic carboxylic acids is 1. The van der Waals surface area contributed by atoms with Gasteiger partial charge in [0.2, 0.25) is 0 Å². The fraction of sp³-hybridized carbons (Fsp3) is 0.318. The first kappa shape index (κ1) is 21.2. The van der Waals surface area contributed by atoms with Gasteiger partial charge in [-0.2, -0.15) is 0 Å². The second-order valence-corrected chi connectivity index (χ2v) is 7.03. The summed E-state index contributed by atoms with van der Waals surface area (Å²) in [6.07, 6.45) is 0.488. The number of benzene rings is 2. The van der Waals surface area contributed by atoms with Crippen LogP contribution in [0.4, 0.5) is 0 Å². The molecule has 1 aromatic heterocycles. The van der Waals surface area contributed by atoms with Crippen molar-refractivity contribution in [1.82, 2.24) is 9.55 Å². The number of hydrogen-bond donors (Lipinski definition) is 2. The molecule has 0 spiro atoms. The van der Waals surface area contributed by atoms with Gasteiger partial charge in [0.25, 0.3) is 0 Å². The molecule has 0 radical (unpaired) electrons. The molecule has 0 amide bonds. The molecule has 1 heterocycles. The first-order valence-electron chi connectivity index (χ1n) is 9.52. The maximum absolute atomic E-state index is 11.2. The van der Waals surface area contributed by atoms with E-state index in [2.05, 4.69) is 4.98 Å². The summed E-state index contributed by atoms with van der Waals surface area (Å²) < 4.78 is 13.2. The number of nitrogens with zero attached hydrogens (tertiary/aromatic N) is 2. The van der Waals surface area contributed by atoms with Crippen LogP contribution >= 0.6 is 0 Å². The number of aryl methyl sites for hydroxylation is 2. The van der Waals surface area contributed by atoms with Crippen molar-refractivity contribution in [1.29, 1.82) is 0 Å². The molecule has 0 fully saturated rings. The van der Waals surface area contributed by atoms with Gasteiger partial charge < -0.3 is 24.3 Å². The average molecular weight is 412 g/mol. The van der Waals surface area contributed by atoms with Gasteiger partial charge in [0.15, 0.2) is 0 Å². The zero-order valence-corrected chi connectivity index (χ0v) is 17.1. The fourth-order valence-electron chi connectivity index (χ4n) is 3.35. The number of aromatic nitrogens is 2. The molecule has 8 heteroatoms. The van der Waals surface area contributed by atoms with Crippen molar-refractivity contribution >= 4 is 23.0 Å². The molecule has 0 aliphatic heterocycles. The zero-order chi connectivity index (χ0) is 21.8. The van der Waals surface area contributed by atoms with Crippen LogP contribution in [0.2, 0.25) is 0 Å². The summed E-state index contributed by atoms with van der Waals surface area (Å²) in [5.41, 5.74) is 3.68. The van der Waals surface area contributed by atoms with Gasteiger partial charge in [0, 0.05) is 18.1 Å². The van der Waals surface area contributed by atoms with Crippen LogP contribution in [0.25, 0.3) is 11.0 Å². The minimum atomic E-state index is -1.01. The minimum absolute atomic E-state index is 0.0599. The second-order valence-electron chi connectivity index (χ2n) is 7.03. The highest BCUT2D eigenvalue weighted by Gasteiger charge is 2.15. The molecule has 30 heavy (non-hydrogen) atoms. The Morgan fingerprint density at radius 1 is 1.13 bits per heavy atom. The SMILES string of the molecule is COc1cc(C(=O)O)ccc1Cn1c(C)nc2c(C)cc(OCCCC(=O)O)cc21. The van der Waals surface area contributed by atoms with Gasteiger partial charge in [0.05, 0.1) is 36.9 Å². The molecule has 3 rings (SSSR count). The van der Waals surface area contributed by atoms with Crippen LogP contribution in [0, 0.1) is 13.8 Å². The number of rotatable bonds is 9. The molecule has 0 bridgehead atoms. The van der Waals surface area contributed by atoms with E-state index in [9.17, 15) is 14.7 Å². The lowest BCUT2D eigenvalue weighted by molar-refractivity contribution is -0.137. The normalized spacial score (nSPS) is 10.9. The third kappa shape index (κ3) is 4.53. The summed E-state index contributed by atoms with van der Waals surface area (Å²) in [5.74, 6) is 0.0976. The number of carboxylic acids is 2. The topological polar surface area (TPSA) is 111 Å². The lowest BCUT2D eigenvalue weighted by atomic mass is 10.1. The standard InChI is InChI=1S/C22H24N2O6/c1-13-9-17(30-8-4-5-20(25)26)11-18-21(13)23-14(2)24(18)12-16-7-6-15(22(27)28)10-19(16)29-3/h6-7,9-11H,4-5,8,12H2,1-3H3,(H,25,26)(H,27,28). The van der Waals surface area contributed by atoms with Crippen molar-refractivity contribution < 1.29 is 29.3 Å². The molecular weight excluding hydrogens is 388 g/mol. The quantitative estimate of drug-likeness (QED) is 0.516. The third-order valence-corrected chi connectivity index (χ3v) is 4.88. The van der Waals surface area contributed by atoms with Crippen LogP contribution in [-0.2, 0) is 11.3 Å². The van der Waals surface area contributed by atoms with E-state index in [1.807, 2.05) is 30.5 Å². The van der Waals surface area contributed by atoms with E-state index in [1.165, 1.54) is 13.2 Å². The molecular formula is C22H24N2O6. The van der Waals surface area contributed by atoms with Gasteiger partial charge in [0.1, 0.15) is 17.3 Å². The van der Waals surface area contributed by atoms with E-state index in [4.69, 9.17) is 14.6 Å². The van der Waals surface area contributed by atoms with E-state index in [-0.39, 0.29) is 12.0 Å². The lowest BCUT2D eigenvalue weighted by Gasteiger charge is -2.13. The monoisotopic (exact) mass is 412 g/mol. The second kappa shape index (κ2) is 8.86. The average Bonchev–Trinajstić information content (AvgIpc) is 3.01. The van der Waals surface area contributed by atoms with E-state index in [1.54, 1.807) is 12.1 Å². The lowest BCUT2D eigenvalue weighted by Crippen LogP contribution is -2.06. The number of methoxy groups -OCH3 is 1. The van der Waals surface area contributed by atoms with E-state index in [0.29, 0.717) is 31.1 Å². The maximum atomic E-state index is 11.2. The predicted molar refractivity (Wildman–Crippen MR) is 111 cm³/mol. The van der Waals surface area contributed by atoms with Gasteiger partial charge in [-0.05, 0) is 44.0 Å². The Morgan fingerprint density at radius 2 is 1.90 bits per heavy atom. The molecule has 0 saturated heterocycles. The predicted octanol–water partition coefficient (Wildman–Crippen LogP) is 3.65. The Kier molecular flexibility index (Phi) is 6.25. The van der Waals surface area contributed by atoms with Crippen LogP contribution in [0.5, 0.6) is 11.5 Å². The highest BCUT2D eigenvalue weighted by atomic mass is 16.5. The molecule has 2 aromatic carbocycles. The molecule has 0 unspecified atom stereocenters. The van der Waals surface area contributed by atoms with Crippen molar-refractivity contribution in [3.63, 3.8) is 0 Å². The summed E-state index contributed by atoms with van der Waals surface area (Å²) in [7, 11) is 1.51. The van der Waals surface area contributed by atoms with Gasteiger partial charge >= 0.3 is 11.9 Å². The summed E-state index contributed by atoms with van der Waals surface area (Å²) in [6, 6.07) is 8.58. The molecule has 0 saturated carbocycles. The van der Waals surface area contributed by atoms with Crippen LogP contribution in [0.3, 0.4) is 0 Å². The Morgan fingerprint density at radius 3 is 2.57 bits per heavy atom. The van der Waals surface area contributed by atoms with Gasteiger partial charge in [-0.15, -0.1) is 0 Å². The minimum Gasteiger partial charge on any atom is -0.496 e. The van der Waals surface area contributed by atoms with Crippen LogP contribution in [-0.4, -0.2) is 45.4 Å². The van der Waals surface area contributed by atoms with Crippen molar-refractivity contribution in [2.45, 2.75) is 33.2 Å². The molecule has 0 aliphatic rings. The molecule has 0 aliphatic carbocycles. The van der Waals surface area contributed by atoms with Crippen LogP contribution in [0.15, 0.2) is 30.3 Å². The Balaban J connectivity index is 1.93. The molecule has 0 atom stereocenters. The third-order valence-electron chi connectivity index (χ3n) is 4.88. The maximum Gasteiger partial charge on any atom is 0.335 e. The van der Waals surface area contributed by atoms with E-state index in [0.717, 1.165) is 28.0 Å². The van der Waals surface area contributed by atoms with Crippen molar-refractivity contribution in [2.24, 2.45) is 0 Å². The fourth-order valence-corrected chi connectivity index (χ4v) is 3.35. The first-order chi connectivity index (χ1) is 14.3. The molecule has 2 N–H and O–H groups in total. The number of imidazole rings is 1. The van der Waals surface area contributed by atoms with Crippen LogP contribution in [0.1, 0.15) is 40.2 Å².